The molecule has 1 saturated carbocycles. The lowest BCUT2D eigenvalue weighted by Crippen LogP contribution is -2.16. The van der Waals surface area contributed by atoms with Gasteiger partial charge >= 0.3 is 5.97 Å². The second-order valence-electron chi connectivity index (χ2n) is 4.82. The fourth-order valence-corrected chi connectivity index (χ4v) is 3.28. The van der Waals surface area contributed by atoms with Crippen molar-refractivity contribution < 1.29 is 18.3 Å². The highest BCUT2D eigenvalue weighted by molar-refractivity contribution is 7.99. The number of rotatable bonds is 8. The maximum Gasteiger partial charge on any atom is 0.313 e. The van der Waals surface area contributed by atoms with Crippen molar-refractivity contribution in [3.63, 3.8) is 0 Å². The Kier molecular flexibility index (Phi) is 4.74. The summed E-state index contributed by atoms with van der Waals surface area (Å²) in [4.78, 5) is 10.7. The zero-order valence-electron chi connectivity index (χ0n) is 11.3. The van der Waals surface area contributed by atoms with Crippen LogP contribution in [0.1, 0.15) is 31.4 Å². The van der Waals surface area contributed by atoms with Gasteiger partial charge in [-0.05, 0) is 18.9 Å². The number of carboxylic acids is 1. The van der Waals surface area contributed by atoms with Gasteiger partial charge in [0, 0.05) is 11.7 Å². The summed E-state index contributed by atoms with van der Waals surface area (Å²) in [6.07, 6.45) is 2.21. The van der Waals surface area contributed by atoms with Gasteiger partial charge in [0.15, 0.2) is 9.84 Å². The summed E-state index contributed by atoms with van der Waals surface area (Å²) in [5.74, 6) is -0.326. The first-order valence-electron chi connectivity index (χ1n) is 6.54. The van der Waals surface area contributed by atoms with Gasteiger partial charge in [-0.25, -0.2) is 8.42 Å². The van der Waals surface area contributed by atoms with E-state index in [4.69, 9.17) is 5.11 Å². The van der Waals surface area contributed by atoms with Gasteiger partial charge in [0.25, 0.3) is 0 Å². The van der Waals surface area contributed by atoms with E-state index < -0.39 is 15.8 Å². The first-order chi connectivity index (χ1) is 9.41. The van der Waals surface area contributed by atoms with Crippen LogP contribution in [0.5, 0.6) is 0 Å². The molecule has 0 aliphatic heterocycles. The van der Waals surface area contributed by atoms with E-state index in [0.717, 1.165) is 23.6 Å². The molecule has 112 valence electrons. The fraction of sp³-hybridized carbons (Fsp3) is 0.667. The van der Waals surface area contributed by atoms with Gasteiger partial charge in [0.05, 0.1) is 28.8 Å². The summed E-state index contributed by atoms with van der Waals surface area (Å²) in [5, 5.41) is 13.9. The molecule has 0 aromatic carbocycles. The van der Waals surface area contributed by atoms with E-state index in [0.29, 0.717) is 5.92 Å². The molecule has 1 aromatic rings. The van der Waals surface area contributed by atoms with Crippen LogP contribution in [0.4, 0.5) is 0 Å². The number of sulfone groups is 1. The Labute approximate surface area is 122 Å². The van der Waals surface area contributed by atoms with Crippen molar-refractivity contribution >= 4 is 27.6 Å². The number of aliphatic carboxylic acids is 1. The highest BCUT2D eigenvalue weighted by Gasteiger charge is 2.27. The topological polar surface area (TPSA) is 89.3 Å². The summed E-state index contributed by atoms with van der Waals surface area (Å²) < 4.78 is 24.8. The molecular formula is C12H18N2O4S2. The number of aryl methyl sites for hydroxylation is 1. The van der Waals surface area contributed by atoms with Crippen LogP contribution in [-0.2, 0) is 21.2 Å². The van der Waals surface area contributed by atoms with E-state index in [1.807, 2.05) is 6.07 Å². The molecule has 0 bridgehead atoms. The van der Waals surface area contributed by atoms with E-state index in [1.165, 1.54) is 11.8 Å². The summed E-state index contributed by atoms with van der Waals surface area (Å²) in [7, 11) is -3.05. The van der Waals surface area contributed by atoms with Gasteiger partial charge in [0.1, 0.15) is 0 Å². The number of carbonyl (C=O) groups is 1. The van der Waals surface area contributed by atoms with Crippen molar-refractivity contribution in [2.24, 2.45) is 0 Å². The number of carboxylic acid groups (broad SMARTS) is 1. The number of thioether (sulfide) groups is 1. The molecule has 20 heavy (non-hydrogen) atoms. The molecular weight excluding hydrogens is 300 g/mol. The lowest BCUT2D eigenvalue weighted by atomic mass is 10.3. The molecule has 1 aliphatic carbocycles. The first-order valence-corrected chi connectivity index (χ1v) is 9.34. The Bertz CT molecular complexity index is 591. The highest BCUT2D eigenvalue weighted by atomic mass is 32.2. The van der Waals surface area contributed by atoms with Crippen LogP contribution in [0, 0.1) is 0 Å². The molecule has 0 atom stereocenters. The molecule has 1 aliphatic rings. The van der Waals surface area contributed by atoms with Crippen molar-refractivity contribution in [3.8, 4) is 0 Å². The maximum atomic E-state index is 11.6. The van der Waals surface area contributed by atoms with Crippen LogP contribution in [0.2, 0.25) is 0 Å². The standard InChI is InChI=1S/C12H18N2O4S2/c1-2-20(17,18)6-5-14-11(19-8-12(15)16)7-10(13-14)9-3-4-9/h7,9H,2-6,8H2,1H3,(H,15,16). The molecule has 0 amide bonds. The molecule has 0 unspecified atom stereocenters. The molecule has 1 heterocycles. The third-order valence-electron chi connectivity index (χ3n) is 3.16. The van der Waals surface area contributed by atoms with Crippen molar-refractivity contribution in [2.45, 2.75) is 37.3 Å². The van der Waals surface area contributed by atoms with Crippen LogP contribution in [0.25, 0.3) is 0 Å². The molecule has 1 fully saturated rings. The molecule has 1 N–H and O–H groups in total. The molecule has 0 spiro atoms. The van der Waals surface area contributed by atoms with Crippen LogP contribution in [0.15, 0.2) is 11.1 Å². The van der Waals surface area contributed by atoms with Crippen molar-refractivity contribution in [2.75, 3.05) is 17.3 Å². The van der Waals surface area contributed by atoms with Crippen molar-refractivity contribution in [1.82, 2.24) is 9.78 Å². The fourth-order valence-electron chi connectivity index (χ4n) is 1.78. The van der Waals surface area contributed by atoms with Gasteiger partial charge in [-0.15, -0.1) is 0 Å². The average Bonchev–Trinajstić information content (AvgIpc) is 3.16. The summed E-state index contributed by atoms with van der Waals surface area (Å²) in [6, 6.07) is 1.89. The Morgan fingerprint density at radius 2 is 2.25 bits per heavy atom. The van der Waals surface area contributed by atoms with E-state index in [-0.39, 0.29) is 23.8 Å². The predicted octanol–water partition coefficient (Wildman–Crippen LogP) is 1.37. The second kappa shape index (κ2) is 6.17. The zero-order valence-corrected chi connectivity index (χ0v) is 12.9. The predicted molar refractivity (Wildman–Crippen MR) is 76.9 cm³/mol. The van der Waals surface area contributed by atoms with Crippen molar-refractivity contribution in [1.29, 1.82) is 0 Å². The van der Waals surface area contributed by atoms with Gasteiger partial charge in [-0.3, -0.25) is 9.48 Å². The Morgan fingerprint density at radius 3 is 2.80 bits per heavy atom. The molecule has 1 aromatic heterocycles. The first kappa shape index (κ1) is 15.4. The SMILES string of the molecule is CCS(=O)(=O)CCn1nc(C2CC2)cc1SCC(=O)O. The third kappa shape index (κ3) is 4.24. The molecule has 6 nitrogen and oxygen atoms in total. The molecule has 8 heteroatoms. The Hall–Kier alpha value is -1.02. The van der Waals surface area contributed by atoms with E-state index in [1.54, 1.807) is 11.6 Å². The summed E-state index contributed by atoms with van der Waals surface area (Å²) in [6.45, 7) is 1.90. The van der Waals surface area contributed by atoms with E-state index in [9.17, 15) is 13.2 Å². The van der Waals surface area contributed by atoms with Crippen LogP contribution in [0.3, 0.4) is 0 Å². The van der Waals surface area contributed by atoms with Gasteiger partial charge < -0.3 is 5.11 Å². The lowest BCUT2D eigenvalue weighted by molar-refractivity contribution is -0.133. The minimum Gasteiger partial charge on any atom is -0.481 e. The number of hydrogen-bond donors (Lipinski definition) is 1. The molecule has 2 rings (SSSR count). The quantitative estimate of drug-likeness (QED) is 0.728. The minimum atomic E-state index is -3.05. The normalized spacial score (nSPS) is 15.4. The summed E-state index contributed by atoms with van der Waals surface area (Å²) >= 11 is 1.19. The minimum absolute atomic E-state index is 0.0376. The molecule has 0 radical (unpaired) electrons. The van der Waals surface area contributed by atoms with Gasteiger partial charge in [-0.2, -0.15) is 5.10 Å². The lowest BCUT2D eigenvalue weighted by Gasteiger charge is -2.06. The highest BCUT2D eigenvalue weighted by Crippen LogP contribution is 2.40. The smallest absolute Gasteiger partial charge is 0.313 e. The number of nitrogens with zero attached hydrogens (tertiary/aromatic N) is 2. The van der Waals surface area contributed by atoms with Crippen molar-refractivity contribution in [3.05, 3.63) is 11.8 Å². The monoisotopic (exact) mass is 318 g/mol. The second-order valence-corrected chi connectivity index (χ2v) is 8.29. The number of aromatic nitrogens is 2. The average molecular weight is 318 g/mol. The van der Waals surface area contributed by atoms with Crippen LogP contribution in [-0.4, -0.2) is 46.5 Å². The Morgan fingerprint density at radius 1 is 1.55 bits per heavy atom. The van der Waals surface area contributed by atoms with Crippen LogP contribution < -0.4 is 0 Å². The Balaban J connectivity index is 2.09. The number of hydrogen-bond acceptors (Lipinski definition) is 5. The van der Waals surface area contributed by atoms with E-state index in [2.05, 4.69) is 5.10 Å². The van der Waals surface area contributed by atoms with E-state index >= 15 is 0 Å². The third-order valence-corrected chi connectivity index (χ3v) is 5.85. The molecule has 0 saturated heterocycles. The van der Waals surface area contributed by atoms with Gasteiger partial charge in [-0.1, -0.05) is 18.7 Å². The van der Waals surface area contributed by atoms with Crippen LogP contribution >= 0.6 is 11.8 Å². The largest absolute Gasteiger partial charge is 0.481 e. The summed E-state index contributed by atoms with van der Waals surface area (Å²) in [5.41, 5.74) is 0.951. The maximum absolute atomic E-state index is 11.6. The van der Waals surface area contributed by atoms with Gasteiger partial charge in [0.2, 0.25) is 0 Å². The zero-order chi connectivity index (χ0) is 14.8.